The second-order valence-corrected chi connectivity index (χ2v) is 6.23. The SMILES string of the molecule is Nn1c(SCC(=O)NCCOc2ccccc2)nnc1C1CC1. The molecule has 2 aromatic rings. The second-order valence-electron chi connectivity index (χ2n) is 5.29. The summed E-state index contributed by atoms with van der Waals surface area (Å²) in [5.74, 6) is 8.15. The molecule has 1 aliphatic carbocycles. The normalized spacial score (nSPS) is 13.7. The number of para-hydroxylation sites is 1. The van der Waals surface area contributed by atoms with Gasteiger partial charge in [-0.2, -0.15) is 0 Å². The van der Waals surface area contributed by atoms with Crippen LogP contribution in [0.2, 0.25) is 0 Å². The van der Waals surface area contributed by atoms with E-state index in [-0.39, 0.29) is 11.7 Å². The summed E-state index contributed by atoms with van der Waals surface area (Å²) in [7, 11) is 0. The maximum absolute atomic E-state index is 11.8. The lowest BCUT2D eigenvalue weighted by Crippen LogP contribution is -2.29. The predicted molar refractivity (Wildman–Crippen MR) is 87.8 cm³/mol. The lowest BCUT2D eigenvalue weighted by molar-refractivity contribution is -0.118. The molecule has 0 aliphatic heterocycles. The van der Waals surface area contributed by atoms with Gasteiger partial charge in [-0.05, 0) is 25.0 Å². The van der Waals surface area contributed by atoms with E-state index >= 15 is 0 Å². The number of benzene rings is 1. The lowest BCUT2D eigenvalue weighted by atomic mass is 10.3. The molecule has 3 N–H and O–H groups in total. The van der Waals surface area contributed by atoms with Gasteiger partial charge in [0.15, 0.2) is 5.82 Å². The number of amides is 1. The number of rotatable bonds is 8. The van der Waals surface area contributed by atoms with E-state index in [1.807, 2.05) is 30.3 Å². The highest BCUT2D eigenvalue weighted by atomic mass is 32.2. The van der Waals surface area contributed by atoms with E-state index in [1.54, 1.807) is 0 Å². The highest BCUT2D eigenvalue weighted by Crippen LogP contribution is 2.39. The van der Waals surface area contributed by atoms with E-state index in [4.69, 9.17) is 10.6 Å². The molecule has 0 unspecified atom stereocenters. The van der Waals surface area contributed by atoms with E-state index in [1.165, 1.54) is 16.4 Å². The van der Waals surface area contributed by atoms with Crippen LogP contribution in [-0.4, -0.2) is 39.7 Å². The Labute approximate surface area is 138 Å². The summed E-state index contributed by atoms with van der Waals surface area (Å²) in [4.78, 5) is 11.8. The molecule has 23 heavy (non-hydrogen) atoms. The molecule has 0 radical (unpaired) electrons. The molecule has 1 aromatic heterocycles. The summed E-state index contributed by atoms with van der Waals surface area (Å²) < 4.78 is 7.00. The molecule has 8 heteroatoms. The Morgan fingerprint density at radius 1 is 1.35 bits per heavy atom. The van der Waals surface area contributed by atoms with E-state index in [2.05, 4.69) is 15.5 Å². The molecule has 1 aliphatic rings. The first kappa shape index (κ1) is 15.7. The van der Waals surface area contributed by atoms with Crippen LogP contribution in [-0.2, 0) is 4.79 Å². The zero-order chi connectivity index (χ0) is 16.1. The van der Waals surface area contributed by atoms with Crippen LogP contribution in [0, 0.1) is 0 Å². The summed E-state index contributed by atoms with van der Waals surface area (Å²) in [5, 5.41) is 11.5. The minimum absolute atomic E-state index is 0.0809. The van der Waals surface area contributed by atoms with Crippen molar-refractivity contribution < 1.29 is 9.53 Å². The molecule has 1 heterocycles. The van der Waals surface area contributed by atoms with Gasteiger partial charge in [0.25, 0.3) is 0 Å². The molecule has 3 rings (SSSR count). The zero-order valence-corrected chi connectivity index (χ0v) is 13.5. The number of hydrogen-bond donors (Lipinski definition) is 2. The predicted octanol–water partition coefficient (Wildman–Crippen LogP) is 1.16. The molecule has 0 bridgehead atoms. The van der Waals surface area contributed by atoms with Gasteiger partial charge in [-0.25, -0.2) is 4.68 Å². The monoisotopic (exact) mass is 333 g/mol. The average molecular weight is 333 g/mol. The Hall–Kier alpha value is -2.22. The van der Waals surface area contributed by atoms with Crippen LogP contribution >= 0.6 is 11.8 Å². The molecule has 1 saturated carbocycles. The number of aromatic nitrogens is 3. The Morgan fingerprint density at radius 2 is 2.13 bits per heavy atom. The number of thioether (sulfide) groups is 1. The van der Waals surface area contributed by atoms with Gasteiger partial charge in [0.05, 0.1) is 12.3 Å². The van der Waals surface area contributed by atoms with Crippen molar-refractivity contribution in [3.05, 3.63) is 36.2 Å². The number of nitrogens with two attached hydrogens (primary N) is 1. The van der Waals surface area contributed by atoms with Crippen molar-refractivity contribution in [2.75, 3.05) is 24.7 Å². The molecule has 0 spiro atoms. The lowest BCUT2D eigenvalue weighted by Gasteiger charge is -2.07. The van der Waals surface area contributed by atoms with Gasteiger partial charge in [0, 0.05) is 5.92 Å². The summed E-state index contributed by atoms with van der Waals surface area (Å²) in [6.07, 6.45) is 2.23. The Kier molecular flexibility index (Phi) is 5.02. The molecule has 7 nitrogen and oxygen atoms in total. The van der Waals surface area contributed by atoms with Crippen molar-refractivity contribution in [2.24, 2.45) is 0 Å². The minimum Gasteiger partial charge on any atom is -0.492 e. The largest absolute Gasteiger partial charge is 0.492 e. The summed E-state index contributed by atoms with van der Waals surface area (Å²) in [6, 6.07) is 9.50. The van der Waals surface area contributed by atoms with E-state index in [0.29, 0.717) is 24.2 Å². The van der Waals surface area contributed by atoms with Gasteiger partial charge in [0.1, 0.15) is 12.4 Å². The van der Waals surface area contributed by atoms with Crippen molar-refractivity contribution in [3.63, 3.8) is 0 Å². The molecule has 1 fully saturated rings. The number of ether oxygens (including phenoxy) is 1. The minimum atomic E-state index is -0.0809. The topological polar surface area (TPSA) is 95.1 Å². The summed E-state index contributed by atoms with van der Waals surface area (Å²) >= 11 is 1.29. The maximum Gasteiger partial charge on any atom is 0.230 e. The smallest absolute Gasteiger partial charge is 0.230 e. The van der Waals surface area contributed by atoms with Crippen molar-refractivity contribution in [1.82, 2.24) is 20.2 Å². The van der Waals surface area contributed by atoms with Gasteiger partial charge in [-0.1, -0.05) is 30.0 Å². The fraction of sp³-hybridized carbons (Fsp3) is 0.400. The molecular weight excluding hydrogens is 314 g/mol. The average Bonchev–Trinajstić information content (AvgIpc) is 3.34. The highest BCUT2D eigenvalue weighted by Gasteiger charge is 2.29. The molecule has 0 atom stereocenters. The van der Waals surface area contributed by atoms with Crippen LogP contribution in [0.4, 0.5) is 0 Å². The summed E-state index contributed by atoms with van der Waals surface area (Å²) in [5.41, 5.74) is 0. The van der Waals surface area contributed by atoms with Gasteiger partial charge in [-0.15, -0.1) is 10.2 Å². The molecule has 1 amide bonds. The van der Waals surface area contributed by atoms with Crippen LogP contribution < -0.4 is 15.9 Å². The molecule has 1 aromatic carbocycles. The fourth-order valence-electron chi connectivity index (χ4n) is 2.06. The summed E-state index contributed by atoms with van der Waals surface area (Å²) in [6.45, 7) is 0.885. The van der Waals surface area contributed by atoms with Crippen molar-refractivity contribution in [1.29, 1.82) is 0 Å². The van der Waals surface area contributed by atoms with Crippen LogP contribution in [0.1, 0.15) is 24.6 Å². The zero-order valence-electron chi connectivity index (χ0n) is 12.6. The van der Waals surface area contributed by atoms with Gasteiger partial charge in [-0.3, -0.25) is 4.79 Å². The van der Waals surface area contributed by atoms with Gasteiger partial charge in [0.2, 0.25) is 11.1 Å². The third-order valence-corrected chi connectivity index (χ3v) is 4.35. The number of carbonyl (C=O) groups is 1. The number of nitrogens with one attached hydrogen (secondary N) is 1. The van der Waals surface area contributed by atoms with Crippen LogP contribution in [0.3, 0.4) is 0 Å². The van der Waals surface area contributed by atoms with Crippen LogP contribution in [0.5, 0.6) is 5.75 Å². The van der Waals surface area contributed by atoms with Crippen LogP contribution in [0.25, 0.3) is 0 Å². The number of hydrogen-bond acceptors (Lipinski definition) is 6. The third-order valence-electron chi connectivity index (χ3n) is 3.40. The van der Waals surface area contributed by atoms with E-state index < -0.39 is 0 Å². The third kappa shape index (κ3) is 4.38. The number of nitrogen functional groups attached to an aromatic ring is 1. The fourth-order valence-corrected chi connectivity index (χ4v) is 2.76. The first-order valence-electron chi connectivity index (χ1n) is 7.52. The van der Waals surface area contributed by atoms with Crippen molar-refractivity contribution in [2.45, 2.75) is 23.9 Å². The first-order valence-corrected chi connectivity index (χ1v) is 8.50. The Morgan fingerprint density at radius 3 is 2.87 bits per heavy atom. The quantitative estimate of drug-likeness (QED) is 0.427. The molecule has 0 saturated heterocycles. The first-order chi connectivity index (χ1) is 11.2. The maximum atomic E-state index is 11.8. The van der Waals surface area contributed by atoms with Gasteiger partial charge < -0.3 is 15.9 Å². The van der Waals surface area contributed by atoms with E-state index in [9.17, 15) is 4.79 Å². The van der Waals surface area contributed by atoms with Crippen LogP contribution in [0.15, 0.2) is 35.5 Å². The van der Waals surface area contributed by atoms with Crippen molar-refractivity contribution >= 4 is 17.7 Å². The number of nitrogens with zero attached hydrogens (tertiary/aromatic N) is 3. The molecular formula is C15H19N5O2S. The van der Waals surface area contributed by atoms with E-state index in [0.717, 1.165) is 24.4 Å². The van der Waals surface area contributed by atoms with Gasteiger partial charge >= 0.3 is 0 Å². The van der Waals surface area contributed by atoms with Crippen molar-refractivity contribution in [3.8, 4) is 5.75 Å². The second kappa shape index (κ2) is 7.36. The Balaban J connectivity index is 1.35. The molecule has 122 valence electrons. The number of carbonyl (C=O) groups excluding carboxylic acids is 1. The Bertz CT molecular complexity index is 657. The standard InChI is InChI=1S/C15H19N5O2S/c16-20-14(11-6-7-11)18-19-15(20)23-10-13(21)17-8-9-22-12-4-2-1-3-5-12/h1-5,11H,6-10,16H2,(H,17,21). The highest BCUT2D eigenvalue weighted by molar-refractivity contribution is 7.99.